The highest BCUT2D eigenvalue weighted by molar-refractivity contribution is 5.53. The van der Waals surface area contributed by atoms with Gasteiger partial charge in [0.2, 0.25) is 5.83 Å². The average Bonchev–Trinajstić information content (AvgIpc) is 2.72. The van der Waals surface area contributed by atoms with Crippen LogP contribution in [0.2, 0.25) is 0 Å². The highest BCUT2D eigenvalue weighted by Gasteiger charge is 2.23. The summed E-state index contributed by atoms with van der Waals surface area (Å²) in [4.78, 5) is 0. The molecule has 0 aromatic heterocycles. The van der Waals surface area contributed by atoms with Gasteiger partial charge in [0.1, 0.15) is 5.76 Å². The van der Waals surface area contributed by atoms with Crippen LogP contribution in [0.5, 0.6) is 0 Å². The van der Waals surface area contributed by atoms with Crippen molar-refractivity contribution in [1.29, 1.82) is 0 Å². The summed E-state index contributed by atoms with van der Waals surface area (Å²) in [5.41, 5.74) is -1.58. The van der Waals surface area contributed by atoms with Crippen molar-refractivity contribution in [2.24, 2.45) is 5.92 Å². The molecule has 0 heterocycles. The zero-order chi connectivity index (χ0) is 23.3. The zero-order valence-corrected chi connectivity index (χ0v) is 18.4. The van der Waals surface area contributed by atoms with E-state index >= 15 is 0 Å². The number of rotatable bonds is 11. The van der Waals surface area contributed by atoms with Crippen molar-refractivity contribution >= 4 is 0 Å². The van der Waals surface area contributed by atoms with E-state index in [9.17, 15) is 17.6 Å². The van der Waals surface area contributed by atoms with E-state index < -0.39 is 40.2 Å². The predicted octanol–water partition coefficient (Wildman–Crippen LogP) is 7.98. The Morgan fingerprint density at radius 3 is 1.55 bits per heavy atom. The summed E-state index contributed by atoms with van der Waals surface area (Å²) in [6, 6.07) is 0. The van der Waals surface area contributed by atoms with Gasteiger partial charge in [0.15, 0.2) is 17.5 Å². The molecule has 0 aliphatic heterocycles. The molecule has 0 aliphatic carbocycles. The van der Waals surface area contributed by atoms with Crippen molar-refractivity contribution in [3.63, 3.8) is 0 Å². The summed E-state index contributed by atoms with van der Waals surface area (Å²) in [7, 11) is 2.64. The Balaban J connectivity index is 0. The fraction of sp³-hybridized carbons (Fsp3) is 0.478. The number of hydrogen-bond acceptors (Lipinski definition) is 2. The van der Waals surface area contributed by atoms with Gasteiger partial charge >= 0.3 is 0 Å². The van der Waals surface area contributed by atoms with Crippen LogP contribution in [0.25, 0.3) is 0 Å². The molecule has 166 valence electrons. The van der Waals surface area contributed by atoms with Crippen LogP contribution in [0.4, 0.5) is 17.6 Å². The molecule has 0 saturated carbocycles. The van der Waals surface area contributed by atoms with Gasteiger partial charge in [-0.2, -0.15) is 4.39 Å². The zero-order valence-electron chi connectivity index (χ0n) is 18.4. The molecule has 0 bridgehead atoms. The van der Waals surface area contributed by atoms with Crippen molar-refractivity contribution in [3.8, 4) is 0 Å². The van der Waals surface area contributed by atoms with Crippen LogP contribution >= 0.6 is 0 Å². The molecule has 0 saturated heterocycles. The molecule has 0 aromatic rings. The summed E-state index contributed by atoms with van der Waals surface area (Å²) in [5.74, 6) is -6.70. The van der Waals surface area contributed by atoms with E-state index in [2.05, 4.69) is 44.9 Å². The van der Waals surface area contributed by atoms with Crippen molar-refractivity contribution in [2.45, 2.75) is 53.1 Å². The highest BCUT2D eigenvalue weighted by Crippen LogP contribution is 2.34. The van der Waals surface area contributed by atoms with Gasteiger partial charge in [-0.3, -0.25) is 0 Å². The molecule has 0 aromatic carbocycles. The van der Waals surface area contributed by atoms with Crippen molar-refractivity contribution < 1.29 is 27.0 Å². The predicted molar refractivity (Wildman–Crippen MR) is 113 cm³/mol. The van der Waals surface area contributed by atoms with Gasteiger partial charge in [-0.1, -0.05) is 53.5 Å². The maximum Gasteiger partial charge on any atom is 0.200 e. The minimum atomic E-state index is -1.53. The number of halogens is 4. The molecule has 2 unspecified atom stereocenters. The first-order valence-electron chi connectivity index (χ1n) is 9.35. The fourth-order valence-electron chi connectivity index (χ4n) is 1.88. The van der Waals surface area contributed by atoms with Gasteiger partial charge in [-0.15, -0.1) is 0 Å². The smallest absolute Gasteiger partial charge is 0.200 e. The normalized spacial score (nSPS) is 14.4. The number of hydrogen-bond donors (Lipinski definition) is 0. The summed E-state index contributed by atoms with van der Waals surface area (Å²) in [6.07, 6.45) is 2.35. The van der Waals surface area contributed by atoms with Gasteiger partial charge in [0.25, 0.3) is 0 Å². The quantitative estimate of drug-likeness (QED) is 0.192. The van der Waals surface area contributed by atoms with E-state index in [0.717, 1.165) is 7.11 Å². The molecular formula is C23H34F4O2. The lowest BCUT2D eigenvalue weighted by atomic mass is 9.93. The molecule has 29 heavy (non-hydrogen) atoms. The van der Waals surface area contributed by atoms with Gasteiger partial charge in [0, 0.05) is 18.3 Å². The lowest BCUT2D eigenvalue weighted by Crippen LogP contribution is -2.09. The Morgan fingerprint density at radius 2 is 1.17 bits per heavy atom. The molecule has 0 rings (SSSR count). The van der Waals surface area contributed by atoms with Crippen LogP contribution in [0.3, 0.4) is 0 Å². The van der Waals surface area contributed by atoms with Gasteiger partial charge in [-0.05, 0) is 31.3 Å². The first-order chi connectivity index (χ1) is 13.4. The van der Waals surface area contributed by atoms with Crippen LogP contribution < -0.4 is 0 Å². The highest BCUT2D eigenvalue weighted by atomic mass is 19.2. The number of methoxy groups -OCH3 is 2. The molecule has 6 heteroatoms. The largest absolute Gasteiger partial charge is 0.494 e. The third-order valence-corrected chi connectivity index (χ3v) is 4.06. The van der Waals surface area contributed by atoms with Crippen LogP contribution in [0.15, 0.2) is 72.1 Å². The summed E-state index contributed by atoms with van der Waals surface area (Å²) < 4.78 is 65.9. The van der Waals surface area contributed by atoms with Crippen molar-refractivity contribution in [3.05, 3.63) is 72.1 Å². The monoisotopic (exact) mass is 418 g/mol. The molecule has 2 atom stereocenters. The van der Waals surface area contributed by atoms with Gasteiger partial charge < -0.3 is 9.47 Å². The SMILES string of the molecule is C=C(OC)/C(F)=C(/F)C(=C)C(=C)/C(F)=C(/F)C(=C)C(C)CCC(C)OC.CCC. The minimum Gasteiger partial charge on any atom is -0.494 e. The third-order valence-electron chi connectivity index (χ3n) is 4.06. The second-order valence-corrected chi connectivity index (χ2v) is 6.60. The molecule has 0 radical (unpaired) electrons. The lowest BCUT2D eigenvalue weighted by molar-refractivity contribution is 0.106. The summed E-state index contributed by atoms with van der Waals surface area (Å²) >= 11 is 0. The standard InChI is InChI=1S/C20H26F4O2.C3H8/c1-11(9-10-12(2)25-7)13(3)17(21)18(22)14(4)15(5)19(23)20(24)16(6)26-8;1-3-2/h11-12H,3-6,9-10H2,1-2,7-8H3;3H2,1-2H3/b18-17-,20-19-;. The lowest BCUT2D eigenvalue weighted by Gasteiger charge is -2.17. The molecule has 0 amide bonds. The van der Waals surface area contributed by atoms with Crippen LogP contribution in [0, 0.1) is 5.92 Å². The minimum absolute atomic E-state index is 0.0343. The topological polar surface area (TPSA) is 18.5 Å². The Bertz CT molecular complexity index is 660. The van der Waals surface area contributed by atoms with Crippen molar-refractivity contribution in [2.75, 3.05) is 14.2 Å². The van der Waals surface area contributed by atoms with Gasteiger partial charge in [0.05, 0.1) is 13.2 Å². The van der Waals surface area contributed by atoms with E-state index in [1.807, 2.05) is 6.92 Å². The van der Waals surface area contributed by atoms with E-state index in [-0.39, 0.29) is 17.6 Å². The van der Waals surface area contributed by atoms with Crippen LogP contribution in [0.1, 0.15) is 47.0 Å². The Kier molecular flexibility index (Phi) is 14.9. The molecule has 0 N–H and O–H groups in total. The van der Waals surface area contributed by atoms with Gasteiger partial charge in [-0.25, -0.2) is 13.2 Å². The fourth-order valence-corrected chi connectivity index (χ4v) is 1.88. The van der Waals surface area contributed by atoms with E-state index in [1.165, 1.54) is 6.42 Å². The first-order valence-corrected chi connectivity index (χ1v) is 9.35. The Morgan fingerprint density at radius 1 is 0.759 bits per heavy atom. The second-order valence-electron chi connectivity index (χ2n) is 6.60. The Labute approximate surface area is 173 Å². The van der Waals surface area contributed by atoms with E-state index in [1.54, 1.807) is 14.0 Å². The number of ether oxygens (including phenoxy) is 2. The summed E-state index contributed by atoms with van der Waals surface area (Å²) in [5, 5.41) is 0. The summed E-state index contributed by atoms with van der Waals surface area (Å²) in [6.45, 7) is 20.9. The molecule has 0 spiro atoms. The van der Waals surface area contributed by atoms with Crippen LogP contribution in [-0.4, -0.2) is 20.3 Å². The molecule has 0 aliphatic rings. The van der Waals surface area contributed by atoms with E-state index in [0.29, 0.717) is 12.8 Å². The third kappa shape index (κ3) is 9.79. The maximum absolute atomic E-state index is 14.3. The molecule has 0 fully saturated rings. The number of allylic oxidation sites excluding steroid dienone is 7. The molecular weight excluding hydrogens is 384 g/mol. The Hall–Kier alpha value is -2.08. The average molecular weight is 419 g/mol. The van der Waals surface area contributed by atoms with Crippen molar-refractivity contribution in [1.82, 2.24) is 0 Å². The first kappa shape index (κ1) is 29.1. The van der Waals surface area contributed by atoms with E-state index in [4.69, 9.17) is 4.74 Å². The van der Waals surface area contributed by atoms with Crippen LogP contribution in [-0.2, 0) is 9.47 Å². The maximum atomic E-state index is 14.3. The second kappa shape index (κ2) is 14.9. The molecule has 2 nitrogen and oxygen atoms in total.